The third kappa shape index (κ3) is 1.25. The van der Waals surface area contributed by atoms with E-state index in [1.807, 2.05) is 0 Å². The molecule has 4 rings (SSSR count). The molecule has 2 aromatic carbocycles. The Labute approximate surface area is 107 Å². The van der Waals surface area contributed by atoms with E-state index in [2.05, 4.69) is 59.9 Å². The van der Waals surface area contributed by atoms with Crippen molar-refractivity contribution in [1.82, 2.24) is 5.32 Å². The molecule has 1 fully saturated rings. The highest BCUT2D eigenvalue weighted by atomic mass is 16.5. The minimum absolute atomic E-state index is 0.190. The van der Waals surface area contributed by atoms with Crippen molar-refractivity contribution in [3.63, 3.8) is 0 Å². The first kappa shape index (κ1) is 10.3. The van der Waals surface area contributed by atoms with Gasteiger partial charge in [0, 0.05) is 13.1 Å². The zero-order valence-corrected chi connectivity index (χ0v) is 10.1. The third-order valence-electron chi connectivity index (χ3n) is 4.03. The van der Waals surface area contributed by atoms with Crippen molar-refractivity contribution >= 4 is 0 Å². The second-order valence-electron chi connectivity index (χ2n) is 5.02. The quantitative estimate of drug-likeness (QED) is 0.823. The smallest absolute Gasteiger partial charge is 0.132 e. The predicted octanol–water partition coefficient (Wildman–Crippen LogP) is 2.60. The van der Waals surface area contributed by atoms with E-state index in [0.29, 0.717) is 0 Å². The Bertz CT molecular complexity index is 581. The first-order valence-electron chi connectivity index (χ1n) is 6.44. The van der Waals surface area contributed by atoms with Gasteiger partial charge in [-0.2, -0.15) is 0 Å². The Balaban J connectivity index is 1.95. The third-order valence-corrected chi connectivity index (χ3v) is 4.03. The SMILES string of the molecule is c1ccc(C23CNCC(O2)c2ccccc23)cc1. The van der Waals surface area contributed by atoms with E-state index in [0.717, 1.165) is 13.1 Å². The highest BCUT2D eigenvalue weighted by molar-refractivity contribution is 5.47. The second-order valence-corrected chi connectivity index (χ2v) is 5.02. The molecule has 90 valence electrons. The summed E-state index contributed by atoms with van der Waals surface area (Å²) in [5, 5.41) is 3.51. The summed E-state index contributed by atoms with van der Waals surface area (Å²) in [4.78, 5) is 0. The molecule has 2 aliphatic heterocycles. The van der Waals surface area contributed by atoms with Gasteiger partial charge < -0.3 is 10.1 Å². The number of fused-ring (bicyclic) bond motifs is 5. The fraction of sp³-hybridized carbons (Fsp3) is 0.250. The van der Waals surface area contributed by atoms with Crippen LogP contribution in [0.3, 0.4) is 0 Å². The molecule has 0 radical (unpaired) electrons. The molecule has 0 saturated carbocycles. The van der Waals surface area contributed by atoms with Crippen LogP contribution in [0, 0.1) is 0 Å². The summed E-state index contributed by atoms with van der Waals surface area (Å²) in [5.74, 6) is 0. The van der Waals surface area contributed by atoms with Crippen LogP contribution in [0.4, 0.5) is 0 Å². The number of rotatable bonds is 1. The highest BCUT2D eigenvalue weighted by Crippen LogP contribution is 2.48. The van der Waals surface area contributed by atoms with Crippen LogP contribution in [-0.4, -0.2) is 13.1 Å². The molecule has 1 saturated heterocycles. The van der Waals surface area contributed by atoms with E-state index < -0.39 is 0 Å². The lowest BCUT2D eigenvalue weighted by molar-refractivity contribution is -0.0729. The summed E-state index contributed by atoms with van der Waals surface area (Å²) in [5.41, 5.74) is 3.62. The second kappa shape index (κ2) is 3.67. The number of nitrogens with one attached hydrogen (secondary N) is 1. The Morgan fingerprint density at radius 1 is 1.00 bits per heavy atom. The molecule has 1 N–H and O–H groups in total. The first-order chi connectivity index (χ1) is 8.90. The van der Waals surface area contributed by atoms with Crippen LogP contribution in [-0.2, 0) is 10.3 Å². The Morgan fingerprint density at radius 3 is 2.67 bits per heavy atom. The van der Waals surface area contributed by atoms with Crippen LogP contribution in [0.15, 0.2) is 54.6 Å². The largest absolute Gasteiger partial charge is 0.355 e. The fourth-order valence-electron chi connectivity index (χ4n) is 3.22. The van der Waals surface area contributed by atoms with Crippen molar-refractivity contribution in [3.8, 4) is 0 Å². The number of morpholine rings is 1. The molecule has 0 aliphatic carbocycles. The van der Waals surface area contributed by atoms with Crippen molar-refractivity contribution < 1.29 is 4.74 Å². The van der Waals surface area contributed by atoms with Gasteiger partial charge in [0.05, 0.1) is 6.10 Å². The zero-order valence-electron chi connectivity index (χ0n) is 10.1. The Morgan fingerprint density at radius 2 is 1.78 bits per heavy atom. The van der Waals surface area contributed by atoms with E-state index in [1.54, 1.807) is 0 Å². The molecular formula is C16H15NO. The Hall–Kier alpha value is -1.64. The van der Waals surface area contributed by atoms with Gasteiger partial charge in [0.2, 0.25) is 0 Å². The van der Waals surface area contributed by atoms with E-state index >= 15 is 0 Å². The first-order valence-corrected chi connectivity index (χ1v) is 6.44. The number of hydrogen-bond donors (Lipinski definition) is 1. The molecule has 0 aromatic heterocycles. The van der Waals surface area contributed by atoms with Crippen molar-refractivity contribution in [2.24, 2.45) is 0 Å². The lowest BCUT2D eigenvalue weighted by Gasteiger charge is -2.35. The molecule has 2 nitrogen and oxygen atoms in total. The van der Waals surface area contributed by atoms with Crippen LogP contribution < -0.4 is 5.32 Å². The average molecular weight is 237 g/mol. The average Bonchev–Trinajstić information content (AvgIpc) is 2.70. The minimum atomic E-state index is -0.291. The van der Waals surface area contributed by atoms with Gasteiger partial charge in [-0.1, -0.05) is 54.6 Å². The summed E-state index contributed by atoms with van der Waals surface area (Å²) in [7, 11) is 0. The molecular weight excluding hydrogens is 222 g/mol. The molecule has 2 aliphatic rings. The highest BCUT2D eigenvalue weighted by Gasteiger charge is 2.48. The van der Waals surface area contributed by atoms with E-state index in [9.17, 15) is 0 Å². The summed E-state index contributed by atoms with van der Waals surface area (Å²) in [6, 6.07) is 19.1. The van der Waals surface area contributed by atoms with Crippen molar-refractivity contribution in [2.75, 3.05) is 13.1 Å². The molecule has 2 heteroatoms. The molecule has 18 heavy (non-hydrogen) atoms. The summed E-state index contributed by atoms with van der Waals surface area (Å²) < 4.78 is 6.38. The van der Waals surface area contributed by atoms with Gasteiger partial charge in [0.1, 0.15) is 5.60 Å². The minimum Gasteiger partial charge on any atom is -0.355 e. The monoisotopic (exact) mass is 237 g/mol. The molecule has 0 amide bonds. The molecule has 2 aromatic rings. The molecule has 2 bridgehead atoms. The van der Waals surface area contributed by atoms with Crippen molar-refractivity contribution in [1.29, 1.82) is 0 Å². The van der Waals surface area contributed by atoms with E-state index in [1.165, 1.54) is 16.7 Å². The van der Waals surface area contributed by atoms with Crippen LogP contribution in [0.2, 0.25) is 0 Å². The zero-order chi connectivity index (χ0) is 12.0. The lowest BCUT2D eigenvalue weighted by atomic mass is 9.86. The summed E-state index contributed by atoms with van der Waals surface area (Å²) in [6.07, 6.45) is 0.190. The maximum absolute atomic E-state index is 6.38. The van der Waals surface area contributed by atoms with Crippen LogP contribution >= 0.6 is 0 Å². The van der Waals surface area contributed by atoms with Crippen LogP contribution in [0.1, 0.15) is 22.8 Å². The summed E-state index contributed by atoms with van der Waals surface area (Å²) in [6.45, 7) is 1.76. The van der Waals surface area contributed by atoms with Gasteiger partial charge >= 0.3 is 0 Å². The van der Waals surface area contributed by atoms with Crippen molar-refractivity contribution in [3.05, 3.63) is 71.3 Å². The van der Waals surface area contributed by atoms with Crippen LogP contribution in [0.5, 0.6) is 0 Å². The maximum atomic E-state index is 6.38. The fourth-order valence-corrected chi connectivity index (χ4v) is 3.22. The molecule has 0 spiro atoms. The maximum Gasteiger partial charge on any atom is 0.132 e. The molecule has 2 unspecified atom stereocenters. The van der Waals surface area contributed by atoms with Gasteiger partial charge in [0.25, 0.3) is 0 Å². The standard InChI is InChI=1S/C16H15NO/c1-2-6-12(7-3-1)16-11-17-10-15(18-16)13-8-4-5-9-14(13)16/h1-9,15,17H,10-11H2. The van der Waals surface area contributed by atoms with Gasteiger partial charge in [0.15, 0.2) is 0 Å². The van der Waals surface area contributed by atoms with E-state index in [-0.39, 0.29) is 11.7 Å². The van der Waals surface area contributed by atoms with E-state index in [4.69, 9.17) is 4.74 Å². The predicted molar refractivity (Wildman–Crippen MR) is 70.4 cm³/mol. The van der Waals surface area contributed by atoms with Gasteiger partial charge in [-0.25, -0.2) is 0 Å². The van der Waals surface area contributed by atoms with Gasteiger partial charge in [-0.15, -0.1) is 0 Å². The lowest BCUT2D eigenvalue weighted by Crippen LogP contribution is -2.44. The number of ether oxygens (including phenoxy) is 1. The van der Waals surface area contributed by atoms with Crippen LogP contribution in [0.25, 0.3) is 0 Å². The van der Waals surface area contributed by atoms with Gasteiger partial charge in [-0.3, -0.25) is 0 Å². The Kier molecular flexibility index (Phi) is 2.10. The van der Waals surface area contributed by atoms with Gasteiger partial charge in [-0.05, 0) is 16.7 Å². The summed E-state index contributed by atoms with van der Waals surface area (Å²) >= 11 is 0. The molecule has 2 atom stereocenters. The number of hydrogen-bond acceptors (Lipinski definition) is 2. The number of benzene rings is 2. The topological polar surface area (TPSA) is 21.3 Å². The normalized spacial score (nSPS) is 29.0. The molecule has 2 heterocycles. The van der Waals surface area contributed by atoms with Crippen molar-refractivity contribution in [2.45, 2.75) is 11.7 Å².